The minimum Gasteiger partial charge on any atom is -0.332 e. The van der Waals surface area contributed by atoms with Gasteiger partial charge in [0.25, 0.3) is 11.5 Å². The van der Waals surface area contributed by atoms with Gasteiger partial charge in [-0.15, -0.1) is 0 Å². The standard InChI is InChI=1S/C11H17N3O2/c1-7-4-3-5-8(2)14(7)11(16)9-6-10(15)13-12-9/h6-8H,3-5H2,1-2H3,(H2,12,13,15). The minimum absolute atomic E-state index is 0.0851. The maximum atomic E-state index is 12.2. The summed E-state index contributed by atoms with van der Waals surface area (Å²) in [5, 5.41) is 5.01. The van der Waals surface area contributed by atoms with Gasteiger partial charge in [-0.3, -0.25) is 19.8 Å². The molecular weight excluding hydrogens is 206 g/mol. The molecule has 1 aliphatic rings. The molecule has 1 aromatic heterocycles. The Balaban J connectivity index is 2.22. The van der Waals surface area contributed by atoms with E-state index in [4.69, 9.17) is 0 Å². The molecule has 2 unspecified atom stereocenters. The Bertz CT molecular complexity index is 424. The molecule has 2 atom stereocenters. The number of carbonyl (C=O) groups is 1. The summed E-state index contributed by atoms with van der Waals surface area (Å²) >= 11 is 0. The molecule has 5 nitrogen and oxygen atoms in total. The molecule has 2 rings (SSSR count). The first kappa shape index (κ1) is 11.0. The Morgan fingerprint density at radius 3 is 2.44 bits per heavy atom. The van der Waals surface area contributed by atoms with E-state index in [1.54, 1.807) is 0 Å². The average Bonchev–Trinajstić information content (AvgIpc) is 2.64. The molecule has 1 fully saturated rings. The maximum Gasteiger partial charge on any atom is 0.272 e. The van der Waals surface area contributed by atoms with Crippen molar-refractivity contribution >= 4 is 5.91 Å². The number of hydrogen-bond acceptors (Lipinski definition) is 2. The van der Waals surface area contributed by atoms with Gasteiger partial charge in [-0.25, -0.2) is 0 Å². The molecule has 1 amide bonds. The summed E-state index contributed by atoms with van der Waals surface area (Å²) in [5.74, 6) is -0.0851. The Kier molecular flexibility index (Phi) is 2.85. The van der Waals surface area contributed by atoms with Gasteiger partial charge in [0, 0.05) is 18.2 Å². The molecular formula is C11H17N3O2. The van der Waals surface area contributed by atoms with Crippen LogP contribution in [0.3, 0.4) is 0 Å². The first-order valence-electron chi connectivity index (χ1n) is 5.70. The molecule has 1 aliphatic heterocycles. The van der Waals surface area contributed by atoms with Crippen LogP contribution < -0.4 is 5.56 Å². The zero-order chi connectivity index (χ0) is 11.7. The third-order valence-electron chi connectivity index (χ3n) is 3.25. The number of aromatic nitrogens is 2. The second-order valence-corrected chi connectivity index (χ2v) is 4.51. The first-order valence-corrected chi connectivity index (χ1v) is 5.70. The van der Waals surface area contributed by atoms with Gasteiger partial charge in [-0.2, -0.15) is 0 Å². The molecule has 2 N–H and O–H groups in total. The van der Waals surface area contributed by atoms with Gasteiger partial charge in [0.1, 0.15) is 5.69 Å². The number of hydrogen-bond donors (Lipinski definition) is 2. The highest BCUT2D eigenvalue weighted by Crippen LogP contribution is 2.23. The Morgan fingerprint density at radius 2 is 1.94 bits per heavy atom. The first-order chi connectivity index (χ1) is 7.59. The van der Waals surface area contributed by atoms with Crippen LogP contribution >= 0.6 is 0 Å². The number of rotatable bonds is 1. The van der Waals surface area contributed by atoms with Crippen molar-refractivity contribution in [1.82, 2.24) is 15.1 Å². The molecule has 1 aromatic rings. The molecule has 5 heteroatoms. The fourth-order valence-corrected chi connectivity index (χ4v) is 2.41. The lowest BCUT2D eigenvalue weighted by molar-refractivity contribution is 0.0504. The summed E-state index contributed by atoms with van der Waals surface area (Å²) in [7, 11) is 0. The summed E-state index contributed by atoms with van der Waals surface area (Å²) in [6, 6.07) is 1.81. The van der Waals surface area contributed by atoms with Crippen LogP contribution in [0.15, 0.2) is 10.9 Å². The summed E-state index contributed by atoms with van der Waals surface area (Å²) in [4.78, 5) is 25.0. The van der Waals surface area contributed by atoms with Gasteiger partial charge in [0.15, 0.2) is 0 Å². The van der Waals surface area contributed by atoms with Crippen molar-refractivity contribution in [3.63, 3.8) is 0 Å². The quantitative estimate of drug-likeness (QED) is 0.748. The number of likely N-dealkylation sites (tertiary alicyclic amines) is 1. The van der Waals surface area contributed by atoms with Gasteiger partial charge in [0.05, 0.1) is 0 Å². The largest absolute Gasteiger partial charge is 0.332 e. The van der Waals surface area contributed by atoms with Gasteiger partial charge < -0.3 is 4.90 Å². The van der Waals surface area contributed by atoms with Crippen LogP contribution in [0.1, 0.15) is 43.6 Å². The smallest absolute Gasteiger partial charge is 0.272 e. The van der Waals surface area contributed by atoms with Gasteiger partial charge in [-0.05, 0) is 33.1 Å². The predicted molar refractivity (Wildman–Crippen MR) is 60.4 cm³/mol. The topological polar surface area (TPSA) is 69.0 Å². The van der Waals surface area contributed by atoms with E-state index in [0.29, 0.717) is 5.69 Å². The highest BCUT2D eigenvalue weighted by molar-refractivity contribution is 5.92. The minimum atomic E-state index is -0.263. The van der Waals surface area contributed by atoms with Crippen LogP contribution in [-0.4, -0.2) is 33.1 Å². The fourth-order valence-electron chi connectivity index (χ4n) is 2.41. The molecule has 1 saturated heterocycles. The average molecular weight is 223 g/mol. The number of amides is 1. The number of piperidine rings is 1. The number of aromatic amines is 2. The van der Waals surface area contributed by atoms with E-state index in [-0.39, 0.29) is 23.6 Å². The summed E-state index contributed by atoms with van der Waals surface area (Å²) in [5.41, 5.74) is 0.0891. The molecule has 0 aromatic carbocycles. The van der Waals surface area contributed by atoms with E-state index in [0.717, 1.165) is 19.3 Å². The summed E-state index contributed by atoms with van der Waals surface area (Å²) < 4.78 is 0. The van der Waals surface area contributed by atoms with E-state index < -0.39 is 0 Å². The normalized spacial score (nSPS) is 25.8. The fraction of sp³-hybridized carbons (Fsp3) is 0.636. The second-order valence-electron chi connectivity index (χ2n) is 4.51. The number of nitrogens with one attached hydrogen (secondary N) is 2. The summed E-state index contributed by atoms with van der Waals surface area (Å²) in [6.07, 6.45) is 3.23. The van der Waals surface area contributed by atoms with Crippen molar-refractivity contribution in [1.29, 1.82) is 0 Å². The zero-order valence-electron chi connectivity index (χ0n) is 9.62. The van der Waals surface area contributed by atoms with Crippen LogP contribution in [0.2, 0.25) is 0 Å². The van der Waals surface area contributed by atoms with E-state index in [1.165, 1.54) is 6.07 Å². The monoisotopic (exact) mass is 223 g/mol. The molecule has 0 saturated carbocycles. The van der Waals surface area contributed by atoms with Crippen molar-refractivity contribution in [2.24, 2.45) is 0 Å². The molecule has 2 heterocycles. The van der Waals surface area contributed by atoms with Crippen LogP contribution in [0.25, 0.3) is 0 Å². The van der Waals surface area contributed by atoms with E-state index in [2.05, 4.69) is 24.0 Å². The van der Waals surface area contributed by atoms with Crippen LogP contribution in [0.5, 0.6) is 0 Å². The SMILES string of the molecule is CC1CCCC(C)N1C(=O)c1cc(=O)[nH][nH]1. The molecule has 16 heavy (non-hydrogen) atoms. The predicted octanol–water partition coefficient (Wildman–Crippen LogP) is 1.11. The maximum absolute atomic E-state index is 12.2. The third kappa shape index (κ3) is 1.89. The van der Waals surface area contributed by atoms with Crippen molar-refractivity contribution < 1.29 is 4.79 Å². The lowest BCUT2D eigenvalue weighted by Crippen LogP contribution is -2.47. The number of nitrogens with zero attached hydrogens (tertiary/aromatic N) is 1. The van der Waals surface area contributed by atoms with Gasteiger partial charge in [0.2, 0.25) is 0 Å². The van der Waals surface area contributed by atoms with E-state index in [9.17, 15) is 9.59 Å². The molecule has 0 aliphatic carbocycles. The van der Waals surface area contributed by atoms with Crippen molar-refractivity contribution in [3.05, 3.63) is 22.1 Å². The molecule has 0 radical (unpaired) electrons. The molecule has 88 valence electrons. The summed E-state index contributed by atoms with van der Waals surface area (Å²) in [6.45, 7) is 4.11. The van der Waals surface area contributed by atoms with Crippen molar-refractivity contribution in [2.45, 2.75) is 45.2 Å². The lowest BCUT2D eigenvalue weighted by Gasteiger charge is -2.38. The highest BCUT2D eigenvalue weighted by atomic mass is 16.2. The Hall–Kier alpha value is -1.52. The lowest BCUT2D eigenvalue weighted by atomic mass is 9.97. The van der Waals surface area contributed by atoms with Gasteiger partial charge in [-0.1, -0.05) is 0 Å². The van der Waals surface area contributed by atoms with Crippen molar-refractivity contribution in [3.8, 4) is 0 Å². The molecule has 0 spiro atoms. The molecule has 0 bridgehead atoms. The number of carbonyl (C=O) groups excluding carboxylic acids is 1. The Morgan fingerprint density at radius 1 is 1.31 bits per heavy atom. The van der Waals surface area contributed by atoms with Crippen LogP contribution in [0.4, 0.5) is 0 Å². The van der Waals surface area contributed by atoms with E-state index in [1.807, 2.05) is 4.90 Å². The van der Waals surface area contributed by atoms with Crippen LogP contribution in [-0.2, 0) is 0 Å². The third-order valence-corrected chi connectivity index (χ3v) is 3.25. The second kappa shape index (κ2) is 4.15. The Labute approximate surface area is 93.8 Å². The highest BCUT2D eigenvalue weighted by Gasteiger charge is 2.30. The van der Waals surface area contributed by atoms with Gasteiger partial charge >= 0.3 is 0 Å². The van der Waals surface area contributed by atoms with Crippen molar-refractivity contribution in [2.75, 3.05) is 0 Å². The number of H-pyrrole nitrogens is 2. The zero-order valence-corrected chi connectivity index (χ0v) is 9.62. The van der Waals surface area contributed by atoms with Crippen LogP contribution in [0, 0.1) is 0 Å². The van der Waals surface area contributed by atoms with E-state index >= 15 is 0 Å².